The highest BCUT2D eigenvalue weighted by Crippen LogP contribution is 2.52. The van der Waals surface area contributed by atoms with Crippen molar-refractivity contribution < 1.29 is 28.6 Å². The molecule has 4 rings (SSSR count). The number of nitrogens with one attached hydrogen (secondary N) is 1. The van der Waals surface area contributed by atoms with Crippen LogP contribution in [-0.4, -0.2) is 43.3 Å². The van der Waals surface area contributed by atoms with Crippen LogP contribution >= 0.6 is 11.6 Å². The Bertz CT molecular complexity index is 1200. The van der Waals surface area contributed by atoms with Crippen LogP contribution in [0.3, 0.4) is 0 Å². The molecule has 0 aromatic heterocycles. The van der Waals surface area contributed by atoms with Gasteiger partial charge in [-0.05, 0) is 12.0 Å². The van der Waals surface area contributed by atoms with Gasteiger partial charge in [0.25, 0.3) is 0 Å². The molecule has 1 spiro atoms. The van der Waals surface area contributed by atoms with E-state index in [0.29, 0.717) is 12.1 Å². The Morgan fingerprint density at radius 2 is 1.91 bits per heavy atom. The number of halogens is 1. The van der Waals surface area contributed by atoms with Gasteiger partial charge >= 0.3 is 0 Å². The molecule has 1 aliphatic carbocycles. The highest BCUT2D eigenvalue weighted by atomic mass is 35.5. The van der Waals surface area contributed by atoms with Gasteiger partial charge < -0.3 is 25.3 Å². The number of hydrogen-bond donors (Lipinski definition) is 2. The molecule has 0 saturated carbocycles. The van der Waals surface area contributed by atoms with E-state index in [0.717, 1.165) is 5.56 Å². The zero-order valence-electron chi connectivity index (χ0n) is 19.0. The maximum atomic E-state index is 13.6. The molecule has 178 valence electrons. The minimum absolute atomic E-state index is 0.0620. The SMILES string of the molecule is COc1cc(OC)c2c(c1Cl)O[C@@]1(C(=O)C=C(N[C@@H](Cc3ccccc3)C(N)=O)C[C@H]1C)C2=O. The maximum absolute atomic E-state index is 13.6. The van der Waals surface area contributed by atoms with Crippen molar-refractivity contribution in [3.8, 4) is 17.2 Å². The third-order valence-electron chi connectivity index (χ3n) is 6.30. The fraction of sp³-hybridized carbons (Fsp3) is 0.320. The van der Waals surface area contributed by atoms with Gasteiger partial charge in [-0.1, -0.05) is 48.9 Å². The topological polar surface area (TPSA) is 117 Å². The summed E-state index contributed by atoms with van der Waals surface area (Å²) in [5.74, 6) is -1.64. The highest BCUT2D eigenvalue weighted by Gasteiger charge is 2.60. The molecular weight excluding hydrogens is 460 g/mol. The van der Waals surface area contributed by atoms with Crippen LogP contribution in [0.15, 0.2) is 48.2 Å². The molecule has 3 atom stereocenters. The largest absolute Gasteiger partial charge is 0.496 e. The number of fused-ring (bicyclic) bond motifs is 1. The first-order chi connectivity index (χ1) is 16.2. The summed E-state index contributed by atoms with van der Waals surface area (Å²) in [6.07, 6.45) is 1.94. The number of primary amides is 1. The molecule has 8 nitrogen and oxygen atoms in total. The first kappa shape index (κ1) is 23.6. The van der Waals surface area contributed by atoms with E-state index in [-0.39, 0.29) is 34.3 Å². The van der Waals surface area contributed by atoms with Crippen LogP contribution in [0.1, 0.15) is 29.3 Å². The lowest BCUT2D eigenvalue weighted by molar-refractivity contribution is -0.129. The maximum Gasteiger partial charge on any atom is 0.240 e. The number of hydrogen-bond acceptors (Lipinski definition) is 7. The smallest absolute Gasteiger partial charge is 0.240 e. The molecule has 0 saturated heterocycles. The van der Waals surface area contributed by atoms with Gasteiger partial charge in [-0.15, -0.1) is 0 Å². The van der Waals surface area contributed by atoms with E-state index in [1.165, 1.54) is 26.4 Å². The molecule has 0 bridgehead atoms. The van der Waals surface area contributed by atoms with Crippen LogP contribution in [-0.2, 0) is 16.0 Å². The number of carbonyl (C=O) groups excluding carboxylic acids is 3. The predicted octanol–water partition coefficient (Wildman–Crippen LogP) is 2.85. The Morgan fingerprint density at radius 1 is 1.24 bits per heavy atom. The van der Waals surface area contributed by atoms with Gasteiger partial charge in [0.15, 0.2) is 5.75 Å². The predicted molar refractivity (Wildman–Crippen MR) is 125 cm³/mol. The van der Waals surface area contributed by atoms with Crippen LogP contribution in [0.2, 0.25) is 5.02 Å². The van der Waals surface area contributed by atoms with Crippen LogP contribution in [0.5, 0.6) is 17.2 Å². The molecule has 1 heterocycles. The van der Waals surface area contributed by atoms with Crippen molar-refractivity contribution >= 4 is 29.1 Å². The lowest BCUT2D eigenvalue weighted by Crippen LogP contribution is -2.56. The molecule has 9 heteroatoms. The molecule has 0 unspecified atom stereocenters. The lowest BCUT2D eigenvalue weighted by atomic mass is 9.74. The van der Waals surface area contributed by atoms with E-state index in [4.69, 9.17) is 31.5 Å². The Balaban J connectivity index is 1.65. The Hall–Kier alpha value is -3.52. The molecule has 2 aromatic carbocycles. The lowest BCUT2D eigenvalue weighted by Gasteiger charge is -2.36. The summed E-state index contributed by atoms with van der Waals surface area (Å²) < 4.78 is 16.6. The van der Waals surface area contributed by atoms with Gasteiger partial charge in [0.1, 0.15) is 28.1 Å². The molecule has 2 aliphatic rings. The number of amides is 1. The van der Waals surface area contributed by atoms with Gasteiger partial charge in [0.05, 0.1) is 14.2 Å². The number of ether oxygens (including phenoxy) is 3. The van der Waals surface area contributed by atoms with Crippen LogP contribution in [0.4, 0.5) is 0 Å². The standard InChI is InChI=1S/C25H25ClN2O6/c1-13-9-15(28-16(24(27)31)10-14-7-5-4-6-8-14)11-19(29)25(13)23(30)20-17(32-2)12-18(33-3)21(26)22(20)34-25/h4-8,11-13,16,28H,9-10H2,1-3H3,(H2,27,31)/t13-,16+,25+/m1/s1. The number of benzene rings is 2. The zero-order chi connectivity index (χ0) is 24.6. The van der Waals surface area contributed by atoms with Gasteiger partial charge in [0.2, 0.25) is 23.1 Å². The summed E-state index contributed by atoms with van der Waals surface area (Å²) in [5, 5.41) is 3.18. The summed E-state index contributed by atoms with van der Waals surface area (Å²) in [7, 11) is 2.84. The van der Waals surface area contributed by atoms with Crippen molar-refractivity contribution in [2.24, 2.45) is 11.7 Å². The van der Waals surface area contributed by atoms with E-state index in [1.807, 2.05) is 30.3 Å². The molecule has 1 aliphatic heterocycles. The van der Waals surface area contributed by atoms with E-state index in [1.54, 1.807) is 6.92 Å². The van der Waals surface area contributed by atoms with Crippen molar-refractivity contribution in [1.29, 1.82) is 0 Å². The Kier molecular flexibility index (Phi) is 6.27. The molecule has 3 N–H and O–H groups in total. The van der Waals surface area contributed by atoms with Gasteiger partial charge in [-0.3, -0.25) is 14.4 Å². The number of carbonyl (C=O) groups is 3. The van der Waals surface area contributed by atoms with Crippen molar-refractivity contribution in [1.82, 2.24) is 5.32 Å². The molecule has 1 amide bonds. The minimum atomic E-state index is -1.78. The van der Waals surface area contributed by atoms with Gasteiger partial charge in [-0.25, -0.2) is 0 Å². The van der Waals surface area contributed by atoms with E-state index in [2.05, 4.69) is 5.32 Å². The average Bonchev–Trinajstić information content (AvgIpc) is 3.13. The van der Waals surface area contributed by atoms with Crippen LogP contribution < -0.4 is 25.3 Å². The fourth-order valence-corrected chi connectivity index (χ4v) is 4.79. The third-order valence-corrected chi connectivity index (χ3v) is 6.65. The second kappa shape index (κ2) is 9.02. The molecular formula is C25H25ClN2O6. The number of methoxy groups -OCH3 is 2. The second-order valence-electron chi connectivity index (χ2n) is 8.39. The molecule has 2 aromatic rings. The number of nitrogens with two attached hydrogens (primary N) is 1. The Morgan fingerprint density at radius 3 is 2.50 bits per heavy atom. The Labute approximate surface area is 202 Å². The molecule has 0 fully saturated rings. The summed E-state index contributed by atoms with van der Waals surface area (Å²) in [5.41, 5.74) is 5.37. The van der Waals surface area contributed by atoms with Gasteiger partial charge in [-0.2, -0.15) is 0 Å². The van der Waals surface area contributed by atoms with E-state index < -0.39 is 35.0 Å². The third kappa shape index (κ3) is 3.77. The van der Waals surface area contributed by atoms with Gasteiger partial charge in [0, 0.05) is 30.2 Å². The van der Waals surface area contributed by atoms with Crippen LogP contribution in [0.25, 0.3) is 0 Å². The summed E-state index contributed by atoms with van der Waals surface area (Å²) >= 11 is 6.41. The monoisotopic (exact) mass is 484 g/mol. The fourth-order valence-electron chi connectivity index (χ4n) is 4.53. The first-order valence-electron chi connectivity index (χ1n) is 10.8. The zero-order valence-corrected chi connectivity index (χ0v) is 19.8. The van der Waals surface area contributed by atoms with E-state index >= 15 is 0 Å². The number of allylic oxidation sites excluding steroid dienone is 1. The molecule has 34 heavy (non-hydrogen) atoms. The quantitative estimate of drug-likeness (QED) is 0.580. The van der Waals surface area contributed by atoms with Crippen molar-refractivity contribution in [2.75, 3.05) is 14.2 Å². The summed E-state index contributed by atoms with van der Waals surface area (Å²) in [4.78, 5) is 39.0. The summed E-state index contributed by atoms with van der Waals surface area (Å²) in [6, 6.07) is 10.2. The first-order valence-corrected chi connectivity index (χ1v) is 11.1. The van der Waals surface area contributed by atoms with Crippen molar-refractivity contribution in [3.63, 3.8) is 0 Å². The second-order valence-corrected chi connectivity index (χ2v) is 8.77. The van der Waals surface area contributed by atoms with E-state index in [9.17, 15) is 14.4 Å². The average molecular weight is 485 g/mol. The minimum Gasteiger partial charge on any atom is -0.496 e. The highest BCUT2D eigenvalue weighted by molar-refractivity contribution is 6.36. The van der Waals surface area contributed by atoms with Crippen LogP contribution in [0, 0.1) is 5.92 Å². The summed E-state index contributed by atoms with van der Waals surface area (Å²) in [6.45, 7) is 1.74. The van der Waals surface area contributed by atoms with Crippen molar-refractivity contribution in [2.45, 2.75) is 31.4 Å². The molecule has 0 radical (unpaired) electrons. The number of ketones is 2. The number of rotatable bonds is 7. The van der Waals surface area contributed by atoms with Crippen molar-refractivity contribution in [3.05, 3.63) is 64.3 Å². The number of Topliss-reactive ketones (excluding diaryl/α,β-unsaturated/α-hetero) is 1. The normalized spacial score (nSPS) is 22.0.